The van der Waals surface area contributed by atoms with Gasteiger partial charge in [-0.15, -0.1) is 11.3 Å². The van der Waals surface area contributed by atoms with Crippen LogP contribution in [-0.4, -0.2) is 51.7 Å². The van der Waals surface area contributed by atoms with Gasteiger partial charge in [-0.3, -0.25) is 9.69 Å². The van der Waals surface area contributed by atoms with E-state index in [1.807, 2.05) is 41.4 Å². The summed E-state index contributed by atoms with van der Waals surface area (Å²) in [4.78, 5) is 18.5. The Morgan fingerprint density at radius 2 is 1.85 bits per heavy atom. The van der Waals surface area contributed by atoms with Gasteiger partial charge in [0.05, 0.1) is 9.47 Å². The minimum Gasteiger partial charge on any atom is -0.336 e. The van der Waals surface area contributed by atoms with E-state index in [0.29, 0.717) is 0 Å². The minimum atomic E-state index is 0.107. The zero-order chi connectivity index (χ0) is 17.9. The maximum absolute atomic E-state index is 12.7. The van der Waals surface area contributed by atoms with Crippen molar-refractivity contribution in [3.63, 3.8) is 0 Å². The number of carbonyl (C=O) groups excluding carboxylic acids is 1. The van der Waals surface area contributed by atoms with Crippen LogP contribution in [-0.2, 0) is 6.54 Å². The van der Waals surface area contributed by atoms with Crippen molar-refractivity contribution in [1.29, 1.82) is 0 Å². The summed E-state index contributed by atoms with van der Waals surface area (Å²) in [7, 11) is 0. The molecule has 1 amide bonds. The number of hydrogen-bond donors (Lipinski definition) is 0. The number of hydrogen-bond acceptors (Lipinski definition) is 4. The summed E-state index contributed by atoms with van der Waals surface area (Å²) in [5.41, 5.74) is 1.69. The molecule has 0 atom stereocenters. The molecule has 2 aromatic heterocycles. The molecule has 26 heavy (non-hydrogen) atoms. The van der Waals surface area contributed by atoms with Crippen LogP contribution < -0.4 is 0 Å². The van der Waals surface area contributed by atoms with Crippen LogP contribution in [0.3, 0.4) is 0 Å². The number of nitrogens with zero attached hydrogens (tertiary/aromatic N) is 4. The zero-order valence-corrected chi connectivity index (χ0v) is 16.6. The highest BCUT2D eigenvalue weighted by molar-refractivity contribution is 9.11. The largest absolute Gasteiger partial charge is 0.336 e. The number of benzene rings is 1. The smallest absolute Gasteiger partial charge is 0.253 e. The number of halogens is 1. The van der Waals surface area contributed by atoms with Crippen LogP contribution in [0.5, 0.6) is 0 Å². The van der Waals surface area contributed by atoms with E-state index in [9.17, 15) is 4.79 Å². The maximum atomic E-state index is 12.7. The van der Waals surface area contributed by atoms with Gasteiger partial charge < -0.3 is 4.90 Å². The first-order chi connectivity index (χ1) is 12.7. The molecule has 4 rings (SSSR count). The Kier molecular flexibility index (Phi) is 5.19. The average Bonchev–Trinajstić information content (AvgIpc) is 3.34. The summed E-state index contributed by atoms with van der Waals surface area (Å²) in [6.07, 6.45) is 3.63. The van der Waals surface area contributed by atoms with Crippen LogP contribution in [0.15, 0.2) is 58.6 Å². The summed E-state index contributed by atoms with van der Waals surface area (Å²) in [5, 5.41) is 4.21. The van der Waals surface area contributed by atoms with Gasteiger partial charge in [0.2, 0.25) is 0 Å². The predicted octanol–water partition coefficient (Wildman–Crippen LogP) is 3.65. The predicted molar refractivity (Wildman–Crippen MR) is 107 cm³/mol. The number of piperazine rings is 1. The average molecular weight is 431 g/mol. The van der Waals surface area contributed by atoms with Gasteiger partial charge in [0.15, 0.2) is 0 Å². The summed E-state index contributed by atoms with van der Waals surface area (Å²) >= 11 is 5.28. The zero-order valence-electron chi connectivity index (χ0n) is 14.2. The first-order valence-electron chi connectivity index (χ1n) is 8.55. The molecule has 3 heterocycles. The molecule has 0 saturated carbocycles. The van der Waals surface area contributed by atoms with Crippen LogP contribution in [0.25, 0.3) is 5.69 Å². The molecule has 1 fully saturated rings. The van der Waals surface area contributed by atoms with Crippen molar-refractivity contribution in [2.75, 3.05) is 26.2 Å². The second-order valence-electron chi connectivity index (χ2n) is 6.27. The monoisotopic (exact) mass is 430 g/mol. The van der Waals surface area contributed by atoms with Gasteiger partial charge in [0.1, 0.15) is 0 Å². The summed E-state index contributed by atoms with van der Waals surface area (Å²) < 4.78 is 2.95. The lowest BCUT2D eigenvalue weighted by molar-refractivity contribution is 0.0629. The molecule has 1 saturated heterocycles. The SMILES string of the molecule is O=C(c1ccc(-n2cccn2)cc1)N1CCN(Cc2ccc(Br)s2)CC1. The van der Waals surface area contributed by atoms with Crippen molar-refractivity contribution >= 4 is 33.2 Å². The Hall–Kier alpha value is -1.96. The summed E-state index contributed by atoms with van der Waals surface area (Å²) in [5.74, 6) is 0.107. The lowest BCUT2D eigenvalue weighted by atomic mass is 10.1. The fraction of sp³-hybridized carbons (Fsp3) is 0.263. The molecule has 1 aliphatic rings. The van der Waals surface area contributed by atoms with Crippen LogP contribution in [0.4, 0.5) is 0 Å². The second kappa shape index (κ2) is 7.73. The molecule has 7 heteroatoms. The molecule has 0 bridgehead atoms. The van der Waals surface area contributed by atoms with Crippen LogP contribution >= 0.6 is 27.3 Å². The molecule has 0 aliphatic carbocycles. The summed E-state index contributed by atoms with van der Waals surface area (Å²) in [6.45, 7) is 4.31. The van der Waals surface area contributed by atoms with E-state index in [-0.39, 0.29) is 5.91 Å². The van der Waals surface area contributed by atoms with Crippen LogP contribution in [0, 0.1) is 0 Å². The molecule has 1 aliphatic heterocycles. The third-order valence-electron chi connectivity index (χ3n) is 4.55. The number of thiophene rings is 1. The standard InChI is InChI=1S/C19H19BrN4OS/c20-18-7-6-17(26-18)14-22-10-12-23(13-11-22)19(25)15-2-4-16(5-3-15)24-9-1-8-21-24/h1-9H,10-14H2. The molecule has 0 spiro atoms. The highest BCUT2D eigenvalue weighted by Gasteiger charge is 2.22. The molecule has 0 N–H and O–H groups in total. The van der Waals surface area contributed by atoms with Crippen molar-refractivity contribution in [1.82, 2.24) is 19.6 Å². The van der Waals surface area contributed by atoms with Crippen LogP contribution in [0.1, 0.15) is 15.2 Å². The van der Waals surface area contributed by atoms with Gasteiger partial charge in [-0.25, -0.2) is 4.68 Å². The van der Waals surface area contributed by atoms with Gasteiger partial charge in [0.25, 0.3) is 5.91 Å². The Morgan fingerprint density at radius 3 is 2.46 bits per heavy atom. The van der Waals surface area contributed by atoms with Crippen molar-refractivity contribution in [2.45, 2.75) is 6.54 Å². The number of rotatable bonds is 4. The normalized spacial score (nSPS) is 15.3. The number of amides is 1. The third kappa shape index (κ3) is 3.90. The molecule has 3 aromatic rings. The highest BCUT2D eigenvalue weighted by atomic mass is 79.9. The van der Waals surface area contributed by atoms with E-state index < -0.39 is 0 Å². The first-order valence-corrected chi connectivity index (χ1v) is 10.2. The van der Waals surface area contributed by atoms with E-state index in [4.69, 9.17) is 0 Å². The topological polar surface area (TPSA) is 41.4 Å². The molecule has 134 valence electrons. The Bertz CT molecular complexity index is 867. The number of aromatic nitrogens is 2. The molecule has 0 radical (unpaired) electrons. The van der Waals surface area contributed by atoms with Gasteiger partial charge in [-0.2, -0.15) is 5.10 Å². The fourth-order valence-corrected chi connectivity index (χ4v) is 4.65. The molecular weight excluding hydrogens is 412 g/mol. The van der Waals surface area contributed by atoms with E-state index in [0.717, 1.165) is 44.0 Å². The molecular formula is C19H19BrN4OS. The highest BCUT2D eigenvalue weighted by Crippen LogP contribution is 2.23. The van der Waals surface area contributed by atoms with Crippen molar-refractivity contribution < 1.29 is 4.79 Å². The maximum Gasteiger partial charge on any atom is 0.253 e. The summed E-state index contributed by atoms with van der Waals surface area (Å²) in [6, 6.07) is 13.8. The van der Waals surface area contributed by atoms with Crippen molar-refractivity contribution in [3.05, 3.63) is 69.1 Å². The van der Waals surface area contributed by atoms with Gasteiger partial charge >= 0.3 is 0 Å². The molecule has 5 nitrogen and oxygen atoms in total. The van der Waals surface area contributed by atoms with Crippen molar-refractivity contribution in [3.8, 4) is 5.69 Å². The van der Waals surface area contributed by atoms with Gasteiger partial charge in [-0.05, 0) is 58.4 Å². The quantitative estimate of drug-likeness (QED) is 0.633. The third-order valence-corrected chi connectivity index (χ3v) is 6.16. The first kappa shape index (κ1) is 17.5. The molecule has 0 unspecified atom stereocenters. The van der Waals surface area contributed by atoms with Gasteiger partial charge in [0, 0.05) is 55.6 Å². The van der Waals surface area contributed by atoms with Gasteiger partial charge in [-0.1, -0.05) is 0 Å². The Balaban J connectivity index is 1.34. The minimum absolute atomic E-state index is 0.107. The Labute approximate surface area is 165 Å². The lowest BCUT2D eigenvalue weighted by Gasteiger charge is -2.34. The fourth-order valence-electron chi connectivity index (χ4n) is 3.13. The Morgan fingerprint density at radius 1 is 1.08 bits per heavy atom. The van der Waals surface area contributed by atoms with E-state index in [1.54, 1.807) is 22.2 Å². The molecule has 1 aromatic carbocycles. The van der Waals surface area contributed by atoms with Crippen LogP contribution in [0.2, 0.25) is 0 Å². The lowest BCUT2D eigenvalue weighted by Crippen LogP contribution is -2.48. The number of carbonyl (C=O) groups is 1. The van der Waals surface area contributed by atoms with E-state index in [1.165, 1.54) is 8.66 Å². The van der Waals surface area contributed by atoms with E-state index in [2.05, 4.69) is 38.1 Å². The second-order valence-corrected chi connectivity index (χ2v) is 8.82. The van der Waals surface area contributed by atoms with Crippen molar-refractivity contribution in [2.24, 2.45) is 0 Å². The van der Waals surface area contributed by atoms with E-state index >= 15 is 0 Å².